The van der Waals surface area contributed by atoms with Crippen molar-refractivity contribution in [2.75, 3.05) is 12.4 Å². The van der Waals surface area contributed by atoms with Crippen molar-refractivity contribution in [3.63, 3.8) is 0 Å². The number of hydrogen-bond donors (Lipinski definition) is 1. The van der Waals surface area contributed by atoms with Crippen LogP contribution in [0.15, 0.2) is 43.0 Å². The van der Waals surface area contributed by atoms with Crippen LogP contribution in [0.2, 0.25) is 5.02 Å². The Morgan fingerprint density at radius 1 is 1.25 bits per heavy atom. The Kier molecular flexibility index (Phi) is 4.43. The van der Waals surface area contributed by atoms with E-state index in [-0.39, 0.29) is 5.91 Å². The lowest BCUT2D eigenvalue weighted by Crippen LogP contribution is -2.14. The fraction of sp³-hybridized carbons (Fsp3) is 0.125. The maximum atomic E-state index is 12.4. The lowest BCUT2D eigenvalue weighted by atomic mass is 10.2. The summed E-state index contributed by atoms with van der Waals surface area (Å²) < 4.78 is 6.92. The van der Waals surface area contributed by atoms with E-state index in [1.165, 1.54) is 19.5 Å². The summed E-state index contributed by atoms with van der Waals surface area (Å²) in [6.45, 7) is 1.85. The smallest absolute Gasteiger partial charge is 0.259 e. The monoisotopic (exact) mass is 343 g/mol. The first-order chi connectivity index (χ1) is 11.6. The SMILES string of the molecule is COc1ccc(Cl)cc1C(=O)Nc1cnc(-n2ccnc2C)nc1. The molecule has 8 heteroatoms. The number of carbonyl (C=O) groups excluding carboxylic acids is 1. The molecule has 0 atom stereocenters. The standard InChI is InChI=1S/C16H14ClN5O2/c1-10-18-5-6-22(10)16-19-8-12(9-20-16)21-15(23)13-7-11(17)3-4-14(13)24-2/h3-9H,1-2H3,(H,21,23). The van der Waals surface area contributed by atoms with Gasteiger partial charge in [0, 0.05) is 17.4 Å². The minimum Gasteiger partial charge on any atom is -0.496 e. The molecule has 0 saturated heterocycles. The molecule has 0 bridgehead atoms. The fourth-order valence-corrected chi connectivity index (χ4v) is 2.33. The van der Waals surface area contributed by atoms with Gasteiger partial charge in [0.15, 0.2) is 0 Å². The average Bonchev–Trinajstić information content (AvgIpc) is 3.01. The first-order valence-corrected chi connectivity index (χ1v) is 7.43. The highest BCUT2D eigenvalue weighted by molar-refractivity contribution is 6.31. The van der Waals surface area contributed by atoms with Gasteiger partial charge >= 0.3 is 0 Å². The molecule has 0 fully saturated rings. The lowest BCUT2D eigenvalue weighted by molar-refractivity contribution is 0.102. The van der Waals surface area contributed by atoms with Gasteiger partial charge in [0.1, 0.15) is 11.6 Å². The number of nitrogens with one attached hydrogen (secondary N) is 1. The second-order valence-electron chi connectivity index (χ2n) is 4.91. The van der Waals surface area contributed by atoms with Crippen LogP contribution in [0.3, 0.4) is 0 Å². The average molecular weight is 344 g/mol. The molecule has 2 aromatic heterocycles. The number of anilines is 1. The number of halogens is 1. The number of methoxy groups -OCH3 is 1. The van der Waals surface area contributed by atoms with Gasteiger partial charge in [-0.1, -0.05) is 11.6 Å². The normalized spacial score (nSPS) is 10.5. The summed E-state index contributed by atoms with van der Waals surface area (Å²) in [6, 6.07) is 4.83. The van der Waals surface area contributed by atoms with Gasteiger partial charge in [-0.3, -0.25) is 9.36 Å². The molecule has 0 saturated carbocycles. The molecule has 3 rings (SSSR count). The first kappa shape index (κ1) is 15.9. The molecule has 24 heavy (non-hydrogen) atoms. The van der Waals surface area contributed by atoms with Crippen LogP contribution in [-0.4, -0.2) is 32.5 Å². The molecule has 0 radical (unpaired) electrons. The molecular formula is C16H14ClN5O2. The molecule has 1 amide bonds. The highest BCUT2D eigenvalue weighted by atomic mass is 35.5. The molecule has 0 aliphatic heterocycles. The quantitative estimate of drug-likeness (QED) is 0.787. The van der Waals surface area contributed by atoms with Crippen molar-refractivity contribution in [3.8, 4) is 11.7 Å². The Hall–Kier alpha value is -2.93. The number of hydrogen-bond acceptors (Lipinski definition) is 5. The fourth-order valence-electron chi connectivity index (χ4n) is 2.16. The van der Waals surface area contributed by atoms with E-state index in [2.05, 4.69) is 20.3 Å². The second kappa shape index (κ2) is 6.67. The second-order valence-corrected chi connectivity index (χ2v) is 5.35. The summed E-state index contributed by atoms with van der Waals surface area (Å²) in [5, 5.41) is 3.17. The van der Waals surface area contributed by atoms with Crippen molar-refractivity contribution in [1.82, 2.24) is 19.5 Å². The number of imidazole rings is 1. The van der Waals surface area contributed by atoms with Crippen LogP contribution in [-0.2, 0) is 0 Å². The van der Waals surface area contributed by atoms with Crippen molar-refractivity contribution < 1.29 is 9.53 Å². The number of rotatable bonds is 4. The summed E-state index contributed by atoms with van der Waals surface area (Å²) in [5.74, 6) is 1.33. The van der Waals surface area contributed by atoms with Crippen LogP contribution in [0.25, 0.3) is 5.95 Å². The summed E-state index contributed by atoms with van der Waals surface area (Å²) in [7, 11) is 1.49. The third kappa shape index (κ3) is 3.21. The van der Waals surface area contributed by atoms with Gasteiger partial charge in [0.2, 0.25) is 5.95 Å². The zero-order valence-electron chi connectivity index (χ0n) is 13.0. The molecule has 1 aromatic carbocycles. The number of nitrogens with zero attached hydrogens (tertiary/aromatic N) is 4. The van der Waals surface area contributed by atoms with Gasteiger partial charge in [-0.05, 0) is 25.1 Å². The van der Waals surface area contributed by atoms with E-state index in [0.29, 0.717) is 28.0 Å². The van der Waals surface area contributed by atoms with Crippen molar-refractivity contribution in [2.24, 2.45) is 0 Å². The van der Waals surface area contributed by atoms with Crippen LogP contribution in [0, 0.1) is 6.92 Å². The van der Waals surface area contributed by atoms with Crippen LogP contribution in [0.1, 0.15) is 16.2 Å². The molecule has 0 spiro atoms. The Labute approximate surface area is 143 Å². The van der Waals surface area contributed by atoms with Crippen LogP contribution in [0.4, 0.5) is 5.69 Å². The van der Waals surface area contributed by atoms with Gasteiger partial charge < -0.3 is 10.1 Å². The number of carbonyl (C=O) groups is 1. The van der Waals surface area contributed by atoms with E-state index in [4.69, 9.17) is 16.3 Å². The summed E-state index contributed by atoms with van der Waals surface area (Å²) in [6.07, 6.45) is 6.48. The highest BCUT2D eigenvalue weighted by Crippen LogP contribution is 2.23. The number of aryl methyl sites for hydroxylation is 1. The van der Waals surface area contributed by atoms with Crippen LogP contribution in [0.5, 0.6) is 5.75 Å². The van der Waals surface area contributed by atoms with E-state index in [1.54, 1.807) is 35.2 Å². The largest absolute Gasteiger partial charge is 0.496 e. The third-order valence-corrected chi connectivity index (χ3v) is 3.58. The van der Waals surface area contributed by atoms with Crippen molar-refractivity contribution in [1.29, 1.82) is 0 Å². The molecule has 3 aromatic rings. The van der Waals surface area contributed by atoms with Crippen molar-refractivity contribution >= 4 is 23.2 Å². The van der Waals surface area contributed by atoms with Crippen molar-refractivity contribution in [3.05, 3.63) is 59.4 Å². The number of ether oxygens (including phenoxy) is 1. The van der Waals surface area contributed by atoms with Crippen LogP contribution >= 0.6 is 11.6 Å². The minimum atomic E-state index is -0.357. The van der Waals surface area contributed by atoms with Gasteiger partial charge in [0.05, 0.1) is 30.8 Å². The first-order valence-electron chi connectivity index (χ1n) is 7.06. The van der Waals surface area contributed by atoms with E-state index in [9.17, 15) is 4.79 Å². The third-order valence-electron chi connectivity index (χ3n) is 3.34. The lowest BCUT2D eigenvalue weighted by Gasteiger charge is -2.10. The van der Waals surface area contributed by atoms with E-state index in [0.717, 1.165) is 5.82 Å². The Morgan fingerprint density at radius 2 is 2.00 bits per heavy atom. The van der Waals surface area contributed by atoms with Crippen LogP contribution < -0.4 is 10.1 Å². The zero-order chi connectivity index (χ0) is 17.1. The van der Waals surface area contributed by atoms with Gasteiger partial charge in [0.25, 0.3) is 5.91 Å². The van der Waals surface area contributed by atoms with E-state index >= 15 is 0 Å². The zero-order valence-corrected chi connectivity index (χ0v) is 13.8. The Balaban J connectivity index is 1.80. The van der Waals surface area contributed by atoms with Gasteiger partial charge in [-0.25, -0.2) is 15.0 Å². The summed E-state index contributed by atoms with van der Waals surface area (Å²) in [4.78, 5) is 25.0. The molecule has 0 aliphatic rings. The summed E-state index contributed by atoms with van der Waals surface area (Å²) >= 11 is 5.94. The predicted octanol–water partition coefficient (Wildman–Crippen LogP) is 2.89. The molecule has 1 N–H and O–H groups in total. The van der Waals surface area contributed by atoms with Gasteiger partial charge in [-0.15, -0.1) is 0 Å². The summed E-state index contributed by atoms with van der Waals surface area (Å²) in [5.41, 5.74) is 0.795. The Bertz CT molecular complexity index is 876. The number of amides is 1. The number of benzene rings is 1. The highest BCUT2D eigenvalue weighted by Gasteiger charge is 2.14. The molecule has 0 unspecified atom stereocenters. The topological polar surface area (TPSA) is 81.9 Å². The molecule has 7 nitrogen and oxygen atoms in total. The molecule has 2 heterocycles. The van der Waals surface area contributed by atoms with E-state index < -0.39 is 0 Å². The van der Waals surface area contributed by atoms with E-state index in [1.807, 2.05) is 6.92 Å². The Morgan fingerprint density at radius 3 is 2.62 bits per heavy atom. The molecule has 0 aliphatic carbocycles. The maximum Gasteiger partial charge on any atom is 0.259 e. The van der Waals surface area contributed by atoms with Gasteiger partial charge in [-0.2, -0.15) is 0 Å². The van der Waals surface area contributed by atoms with Crippen molar-refractivity contribution in [2.45, 2.75) is 6.92 Å². The minimum absolute atomic E-state index is 0.333. The maximum absolute atomic E-state index is 12.4. The molecule has 122 valence electrons. The molecular weight excluding hydrogens is 330 g/mol. The number of aromatic nitrogens is 4. The predicted molar refractivity (Wildman–Crippen MR) is 89.8 cm³/mol.